The molecule has 0 N–H and O–H groups in total. The lowest BCUT2D eigenvalue weighted by Crippen LogP contribution is -2.24. The van der Waals surface area contributed by atoms with Gasteiger partial charge < -0.3 is 9.47 Å². The van der Waals surface area contributed by atoms with Gasteiger partial charge in [-0.15, -0.1) is 0 Å². The van der Waals surface area contributed by atoms with E-state index in [1.165, 1.54) is 19.2 Å². The molecule has 1 saturated carbocycles. The van der Waals surface area contributed by atoms with E-state index >= 15 is 0 Å². The van der Waals surface area contributed by atoms with Crippen LogP contribution >= 0.6 is 0 Å². The van der Waals surface area contributed by atoms with Gasteiger partial charge in [-0.05, 0) is 55.9 Å². The summed E-state index contributed by atoms with van der Waals surface area (Å²) in [6, 6.07) is 6.17. The van der Waals surface area contributed by atoms with Crippen molar-refractivity contribution in [3.05, 3.63) is 29.8 Å². The first-order chi connectivity index (χ1) is 11.1. The zero-order valence-electron chi connectivity index (χ0n) is 13.2. The van der Waals surface area contributed by atoms with Gasteiger partial charge >= 0.3 is 12.1 Å². The van der Waals surface area contributed by atoms with E-state index in [4.69, 9.17) is 9.47 Å². The van der Waals surface area contributed by atoms with Gasteiger partial charge in [0.15, 0.2) is 0 Å². The van der Waals surface area contributed by atoms with Crippen LogP contribution in [0, 0.1) is 5.92 Å². The second kappa shape index (κ2) is 8.38. The van der Waals surface area contributed by atoms with Gasteiger partial charge in [-0.1, -0.05) is 6.92 Å². The lowest BCUT2D eigenvalue weighted by Gasteiger charge is -2.24. The Morgan fingerprint density at radius 3 is 2.26 bits per heavy atom. The first-order valence-corrected chi connectivity index (χ1v) is 7.48. The first-order valence-electron chi connectivity index (χ1n) is 7.48. The summed E-state index contributed by atoms with van der Waals surface area (Å²) >= 11 is 0. The molecule has 7 heteroatoms. The van der Waals surface area contributed by atoms with E-state index in [0.717, 1.165) is 25.7 Å². The van der Waals surface area contributed by atoms with Crippen LogP contribution in [0.3, 0.4) is 0 Å². The van der Waals surface area contributed by atoms with Crippen LogP contribution in [0.2, 0.25) is 0 Å². The molecule has 0 radical (unpaired) electrons. The quantitative estimate of drug-likeness (QED) is 0.466. The average molecular weight is 324 g/mol. The molecule has 0 unspecified atom stereocenters. The van der Waals surface area contributed by atoms with Gasteiger partial charge in [-0.3, -0.25) is 4.89 Å². The Balaban J connectivity index is 1.67. The molecule has 2 rings (SSSR count). The number of hydrogen-bond acceptors (Lipinski definition) is 7. The van der Waals surface area contributed by atoms with Gasteiger partial charge in [0.2, 0.25) is 0 Å². The summed E-state index contributed by atoms with van der Waals surface area (Å²) in [5.41, 5.74) is 0.226. The Bertz CT molecular complexity index is 518. The van der Waals surface area contributed by atoms with E-state index < -0.39 is 12.1 Å². The third kappa shape index (κ3) is 5.45. The van der Waals surface area contributed by atoms with Crippen molar-refractivity contribution in [1.29, 1.82) is 0 Å². The smallest absolute Gasteiger partial charge is 0.497 e. The van der Waals surface area contributed by atoms with Crippen LogP contribution in [0.5, 0.6) is 5.75 Å². The lowest BCUT2D eigenvalue weighted by atomic mass is 9.89. The van der Waals surface area contributed by atoms with Crippen molar-refractivity contribution >= 4 is 12.1 Å². The summed E-state index contributed by atoms with van der Waals surface area (Å²) in [7, 11) is 1.52. The van der Waals surface area contributed by atoms with E-state index in [0.29, 0.717) is 11.7 Å². The monoisotopic (exact) mass is 324 g/mol. The Labute approximate surface area is 134 Å². The Morgan fingerprint density at radius 2 is 1.65 bits per heavy atom. The molecule has 0 saturated heterocycles. The van der Waals surface area contributed by atoms with E-state index in [1.54, 1.807) is 12.1 Å². The van der Waals surface area contributed by atoms with Gasteiger partial charge in [0.25, 0.3) is 0 Å². The number of methoxy groups -OCH3 is 1. The summed E-state index contributed by atoms with van der Waals surface area (Å²) in [6.07, 6.45) is 2.40. The molecular formula is C16H20O7. The Morgan fingerprint density at radius 1 is 1.00 bits per heavy atom. The second-order valence-electron chi connectivity index (χ2n) is 5.50. The SMILES string of the molecule is COc1ccc(C(=O)OOOC(=O)OC2CCC(C)CC2)cc1. The van der Waals surface area contributed by atoms with E-state index in [-0.39, 0.29) is 11.7 Å². The predicted molar refractivity (Wildman–Crippen MR) is 78.5 cm³/mol. The van der Waals surface area contributed by atoms with E-state index in [1.807, 2.05) is 0 Å². The fourth-order valence-corrected chi connectivity index (χ4v) is 2.35. The van der Waals surface area contributed by atoms with Crippen LogP contribution in [0.4, 0.5) is 4.79 Å². The Kier molecular flexibility index (Phi) is 6.22. The summed E-state index contributed by atoms with van der Waals surface area (Å²) in [4.78, 5) is 31.7. The standard InChI is InChI=1S/C16H20O7/c1-11-3-7-14(8-4-11)20-16(18)22-23-21-15(17)12-5-9-13(19-2)10-6-12/h5-6,9-11,14H,3-4,7-8H2,1-2H3. The van der Waals surface area contributed by atoms with Crippen molar-refractivity contribution in [1.82, 2.24) is 0 Å². The molecule has 126 valence electrons. The highest BCUT2D eigenvalue weighted by Gasteiger charge is 2.23. The van der Waals surface area contributed by atoms with Crippen molar-refractivity contribution in [2.24, 2.45) is 5.92 Å². The molecule has 1 aromatic carbocycles. The highest BCUT2D eigenvalue weighted by Crippen LogP contribution is 2.25. The van der Waals surface area contributed by atoms with Gasteiger partial charge in [0, 0.05) is 0 Å². The zero-order valence-corrected chi connectivity index (χ0v) is 13.2. The minimum Gasteiger partial charge on any atom is -0.497 e. The summed E-state index contributed by atoms with van der Waals surface area (Å²) in [6.45, 7) is 2.16. The van der Waals surface area contributed by atoms with Gasteiger partial charge in [0.1, 0.15) is 11.9 Å². The molecule has 0 heterocycles. The highest BCUT2D eigenvalue weighted by molar-refractivity contribution is 5.89. The molecule has 1 aromatic rings. The fourth-order valence-electron chi connectivity index (χ4n) is 2.35. The molecule has 0 atom stereocenters. The fraction of sp³-hybridized carbons (Fsp3) is 0.500. The van der Waals surface area contributed by atoms with Crippen molar-refractivity contribution < 1.29 is 33.9 Å². The molecular weight excluding hydrogens is 304 g/mol. The molecule has 0 aromatic heterocycles. The third-order valence-electron chi connectivity index (χ3n) is 3.76. The van der Waals surface area contributed by atoms with Crippen LogP contribution in [0.1, 0.15) is 43.0 Å². The van der Waals surface area contributed by atoms with Crippen molar-refractivity contribution in [2.45, 2.75) is 38.7 Å². The number of rotatable bonds is 5. The second-order valence-corrected chi connectivity index (χ2v) is 5.50. The maximum absolute atomic E-state index is 11.6. The van der Waals surface area contributed by atoms with Crippen LogP contribution in [0.25, 0.3) is 0 Å². The maximum atomic E-state index is 11.6. The predicted octanol–water partition coefficient (Wildman–Crippen LogP) is 3.43. The van der Waals surface area contributed by atoms with Gasteiger partial charge in [0.05, 0.1) is 17.7 Å². The lowest BCUT2D eigenvalue weighted by molar-refractivity contribution is -0.453. The molecule has 0 spiro atoms. The largest absolute Gasteiger partial charge is 0.543 e. The van der Waals surface area contributed by atoms with Gasteiger partial charge in [-0.25, -0.2) is 14.5 Å². The van der Waals surface area contributed by atoms with Crippen molar-refractivity contribution in [3.8, 4) is 5.75 Å². The molecule has 0 bridgehead atoms. The van der Waals surface area contributed by atoms with Crippen LogP contribution in [0.15, 0.2) is 24.3 Å². The zero-order chi connectivity index (χ0) is 16.7. The minimum atomic E-state index is -1.02. The molecule has 7 nitrogen and oxygen atoms in total. The van der Waals surface area contributed by atoms with E-state index in [9.17, 15) is 9.59 Å². The number of carbonyl (C=O) groups excluding carboxylic acids is 2. The molecule has 1 aliphatic carbocycles. The molecule has 23 heavy (non-hydrogen) atoms. The maximum Gasteiger partial charge on any atom is 0.543 e. The normalized spacial score (nSPS) is 20.4. The number of hydrogen-bond donors (Lipinski definition) is 0. The molecule has 0 aliphatic heterocycles. The first kappa shape index (κ1) is 17.1. The number of carbonyl (C=O) groups is 2. The van der Waals surface area contributed by atoms with Crippen molar-refractivity contribution in [3.63, 3.8) is 0 Å². The Hall–Kier alpha value is -2.28. The van der Waals surface area contributed by atoms with E-state index in [2.05, 4.69) is 21.7 Å². The summed E-state index contributed by atoms with van der Waals surface area (Å²) in [5, 5.41) is 4.18. The summed E-state index contributed by atoms with van der Waals surface area (Å²) in [5.74, 6) is 0.448. The molecule has 1 fully saturated rings. The molecule has 0 amide bonds. The van der Waals surface area contributed by atoms with Crippen LogP contribution in [-0.4, -0.2) is 25.3 Å². The average Bonchev–Trinajstić information content (AvgIpc) is 2.57. The van der Waals surface area contributed by atoms with Gasteiger partial charge in [-0.2, -0.15) is 0 Å². The third-order valence-corrected chi connectivity index (χ3v) is 3.76. The van der Waals surface area contributed by atoms with Crippen molar-refractivity contribution in [2.75, 3.05) is 7.11 Å². The number of ether oxygens (including phenoxy) is 2. The van der Waals surface area contributed by atoms with Crippen LogP contribution < -0.4 is 4.74 Å². The minimum absolute atomic E-state index is 0.181. The summed E-state index contributed by atoms with van der Waals surface area (Å²) < 4.78 is 10.0. The highest BCUT2D eigenvalue weighted by atomic mass is 17.5. The molecule has 1 aliphatic rings. The number of benzene rings is 1. The topological polar surface area (TPSA) is 80.3 Å². The van der Waals surface area contributed by atoms with Crippen LogP contribution in [-0.2, 0) is 19.6 Å².